The lowest BCUT2D eigenvalue weighted by molar-refractivity contribution is -0.130. The average Bonchev–Trinajstić information content (AvgIpc) is 3.44. The van der Waals surface area contributed by atoms with Crippen LogP contribution in [0.3, 0.4) is 0 Å². The summed E-state index contributed by atoms with van der Waals surface area (Å²) >= 11 is 2.74. The summed E-state index contributed by atoms with van der Waals surface area (Å²) in [4.78, 5) is 33.9. The average molecular weight is 455 g/mol. The predicted molar refractivity (Wildman–Crippen MR) is 122 cm³/mol. The van der Waals surface area contributed by atoms with E-state index in [-0.39, 0.29) is 17.9 Å². The number of thiophene rings is 1. The van der Waals surface area contributed by atoms with E-state index in [1.165, 1.54) is 27.6 Å². The summed E-state index contributed by atoms with van der Waals surface area (Å²) in [5.74, 6) is -1.41. The molecule has 0 saturated carbocycles. The number of aliphatic hydroxyl groups excluding tert-OH is 1. The van der Waals surface area contributed by atoms with Crippen LogP contribution in [0.4, 0.5) is 0 Å². The minimum absolute atomic E-state index is 0.109. The van der Waals surface area contributed by atoms with E-state index in [9.17, 15) is 14.7 Å². The topological polar surface area (TPSA) is 79.7 Å². The number of rotatable bonds is 7. The molecule has 1 N–H and O–H groups in total. The maximum atomic E-state index is 13.7. The Balaban J connectivity index is 1.78. The SMILES string of the molecule is COCCN1C(=O)C(O)=C(C(=O)c2sc(-c3ccccc3)nc2C)C1c1sccc1C. The first kappa shape index (κ1) is 21.4. The molecule has 3 heterocycles. The maximum absolute atomic E-state index is 13.7. The van der Waals surface area contributed by atoms with Crippen LogP contribution in [0, 0.1) is 13.8 Å². The van der Waals surface area contributed by atoms with Gasteiger partial charge in [-0.25, -0.2) is 4.98 Å². The van der Waals surface area contributed by atoms with E-state index in [2.05, 4.69) is 4.98 Å². The second-order valence-electron chi connectivity index (χ2n) is 7.25. The second kappa shape index (κ2) is 8.74. The number of Topliss-reactive ketones (excluding diaryl/α,β-unsaturated/α-hetero) is 1. The number of ketones is 1. The van der Waals surface area contributed by atoms with Crippen molar-refractivity contribution in [2.24, 2.45) is 0 Å². The third-order valence-electron chi connectivity index (χ3n) is 5.26. The van der Waals surface area contributed by atoms with Crippen LogP contribution in [0.25, 0.3) is 10.6 Å². The highest BCUT2D eigenvalue weighted by atomic mass is 32.1. The van der Waals surface area contributed by atoms with Gasteiger partial charge in [-0.1, -0.05) is 30.3 Å². The molecule has 1 aliphatic heterocycles. The van der Waals surface area contributed by atoms with Crippen LogP contribution in [0.5, 0.6) is 0 Å². The predicted octanol–water partition coefficient (Wildman–Crippen LogP) is 4.71. The summed E-state index contributed by atoms with van der Waals surface area (Å²) in [5.41, 5.74) is 2.58. The molecule has 8 heteroatoms. The van der Waals surface area contributed by atoms with Crippen molar-refractivity contribution in [3.63, 3.8) is 0 Å². The molecule has 3 aromatic rings. The largest absolute Gasteiger partial charge is 0.503 e. The zero-order valence-electron chi connectivity index (χ0n) is 17.4. The highest BCUT2D eigenvalue weighted by Crippen LogP contribution is 2.43. The van der Waals surface area contributed by atoms with Gasteiger partial charge in [0.1, 0.15) is 11.0 Å². The molecule has 1 unspecified atom stereocenters. The van der Waals surface area contributed by atoms with E-state index in [1.54, 1.807) is 14.0 Å². The van der Waals surface area contributed by atoms with E-state index in [1.807, 2.05) is 48.7 Å². The molecule has 4 rings (SSSR count). The molecule has 2 aromatic heterocycles. The molecule has 1 amide bonds. The fourth-order valence-corrected chi connectivity index (χ4v) is 5.75. The quantitative estimate of drug-likeness (QED) is 0.523. The van der Waals surface area contributed by atoms with E-state index in [4.69, 9.17) is 4.74 Å². The van der Waals surface area contributed by atoms with Gasteiger partial charge in [-0.3, -0.25) is 9.59 Å². The Hall–Kier alpha value is -2.81. The molecular weight excluding hydrogens is 432 g/mol. The molecule has 0 fully saturated rings. The number of hydrogen-bond acceptors (Lipinski definition) is 7. The lowest BCUT2D eigenvalue weighted by Crippen LogP contribution is -2.33. The van der Waals surface area contributed by atoms with Crippen LogP contribution in [0.1, 0.15) is 31.8 Å². The van der Waals surface area contributed by atoms with Gasteiger partial charge in [0.15, 0.2) is 5.76 Å². The highest BCUT2D eigenvalue weighted by Gasteiger charge is 2.45. The van der Waals surface area contributed by atoms with Crippen molar-refractivity contribution < 1.29 is 19.4 Å². The molecule has 1 atom stereocenters. The molecule has 0 bridgehead atoms. The van der Waals surface area contributed by atoms with Crippen LogP contribution in [0.2, 0.25) is 0 Å². The van der Waals surface area contributed by atoms with Crippen molar-refractivity contribution in [3.8, 4) is 10.6 Å². The Labute approximate surface area is 188 Å². The number of nitrogens with zero attached hydrogens (tertiary/aromatic N) is 2. The van der Waals surface area contributed by atoms with E-state index >= 15 is 0 Å². The number of carbonyl (C=O) groups is 2. The third-order valence-corrected chi connectivity index (χ3v) is 7.53. The van der Waals surface area contributed by atoms with Gasteiger partial charge >= 0.3 is 0 Å². The zero-order valence-corrected chi connectivity index (χ0v) is 19.0. The van der Waals surface area contributed by atoms with Crippen LogP contribution in [-0.4, -0.2) is 46.9 Å². The van der Waals surface area contributed by atoms with Crippen molar-refractivity contribution in [2.75, 3.05) is 20.3 Å². The third kappa shape index (κ3) is 3.82. The minimum Gasteiger partial charge on any atom is -0.503 e. The second-order valence-corrected chi connectivity index (χ2v) is 9.20. The summed E-state index contributed by atoms with van der Waals surface area (Å²) in [6.07, 6.45) is 0. The first-order valence-corrected chi connectivity index (χ1v) is 11.5. The van der Waals surface area contributed by atoms with Crippen LogP contribution >= 0.6 is 22.7 Å². The number of aromatic nitrogens is 1. The van der Waals surface area contributed by atoms with Crippen molar-refractivity contribution in [1.29, 1.82) is 0 Å². The Kier molecular flexibility index (Phi) is 6.04. The Morgan fingerprint density at radius 1 is 1.23 bits per heavy atom. The molecule has 0 saturated heterocycles. The lowest BCUT2D eigenvalue weighted by atomic mass is 9.98. The zero-order chi connectivity index (χ0) is 22.1. The fourth-order valence-electron chi connectivity index (χ4n) is 3.68. The van der Waals surface area contributed by atoms with Crippen LogP contribution < -0.4 is 0 Å². The van der Waals surface area contributed by atoms with Gasteiger partial charge in [0.2, 0.25) is 5.78 Å². The highest BCUT2D eigenvalue weighted by molar-refractivity contribution is 7.17. The van der Waals surface area contributed by atoms with Gasteiger partial charge < -0.3 is 14.7 Å². The first-order valence-electron chi connectivity index (χ1n) is 9.78. The minimum atomic E-state index is -0.642. The number of amides is 1. The Morgan fingerprint density at radius 2 is 1.97 bits per heavy atom. The lowest BCUT2D eigenvalue weighted by Gasteiger charge is -2.26. The molecule has 1 aromatic carbocycles. The smallest absolute Gasteiger partial charge is 0.290 e. The number of thiazole rings is 1. The summed E-state index contributed by atoms with van der Waals surface area (Å²) in [6, 6.07) is 10.9. The standard InChI is InChI=1S/C23H22N2O4S2/c1-13-9-12-30-20(13)17-16(19(27)23(28)25(17)10-11-29-3)18(26)21-14(2)24-22(31-21)15-7-5-4-6-8-15/h4-9,12,17,27H,10-11H2,1-3H3. The van der Waals surface area contributed by atoms with E-state index in [0.29, 0.717) is 17.2 Å². The molecule has 0 aliphatic carbocycles. The number of hydrogen-bond donors (Lipinski definition) is 1. The molecular formula is C23H22N2O4S2. The molecule has 31 heavy (non-hydrogen) atoms. The van der Waals surface area contributed by atoms with Crippen molar-refractivity contribution in [2.45, 2.75) is 19.9 Å². The normalized spacial score (nSPS) is 16.4. The number of carbonyl (C=O) groups excluding carboxylic acids is 2. The van der Waals surface area contributed by atoms with E-state index < -0.39 is 17.7 Å². The number of ether oxygens (including phenoxy) is 1. The molecule has 160 valence electrons. The molecule has 6 nitrogen and oxygen atoms in total. The fraction of sp³-hybridized carbons (Fsp3) is 0.261. The molecule has 1 aliphatic rings. The monoisotopic (exact) mass is 454 g/mol. The summed E-state index contributed by atoms with van der Waals surface area (Å²) < 4.78 is 5.15. The first-order chi connectivity index (χ1) is 14.9. The maximum Gasteiger partial charge on any atom is 0.290 e. The van der Waals surface area contributed by atoms with Crippen molar-refractivity contribution >= 4 is 34.4 Å². The van der Waals surface area contributed by atoms with Crippen molar-refractivity contribution in [3.05, 3.63) is 74.1 Å². The van der Waals surface area contributed by atoms with Gasteiger partial charge in [-0.15, -0.1) is 22.7 Å². The van der Waals surface area contributed by atoms with Gasteiger partial charge in [0.25, 0.3) is 5.91 Å². The molecule has 0 spiro atoms. The van der Waals surface area contributed by atoms with Gasteiger partial charge in [-0.05, 0) is 30.9 Å². The number of aryl methyl sites for hydroxylation is 2. The number of benzene rings is 1. The van der Waals surface area contributed by atoms with Gasteiger partial charge in [0.05, 0.1) is 22.8 Å². The number of methoxy groups -OCH3 is 1. The van der Waals surface area contributed by atoms with Gasteiger partial charge in [-0.2, -0.15) is 0 Å². The van der Waals surface area contributed by atoms with E-state index in [0.717, 1.165) is 21.0 Å². The van der Waals surface area contributed by atoms with Crippen LogP contribution in [-0.2, 0) is 9.53 Å². The summed E-state index contributed by atoms with van der Waals surface area (Å²) in [5, 5.41) is 13.4. The summed E-state index contributed by atoms with van der Waals surface area (Å²) in [6.45, 7) is 4.29. The summed E-state index contributed by atoms with van der Waals surface area (Å²) in [7, 11) is 1.55. The molecule has 0 radical (unpaired) electrons. The Morgan fingerprint density at radius 3 is 2.61 bits per heavy atom. The van der Waals surface area contributed by atoms with Crippen molar-refractivity contribution in [1.82, 2.24) is 9.88 Å². The Bertz CT molecular complexity index is 1160. The van der Waals surface area contributed by atoms with Crippen LogP contribution in [0.15, 0.2) is 53.1 Å². The van der Waals surface area contributed by atoms with Gasteiger partial charge in [0, 0.05) is 24.1 Å². The number of aliphatic hydroxyl groups is 1.